The Balaban J connectivity index is 1.84. The summed E-state index contributed by atoms with van der Waals surface area (Å²) in [6, 6.07) is 28.3. The first-order valence-corrected chi connectivity index (χ1v) is 16.6. The molecule has 0 aliphatic rings. The Bertz CT molecular complexity index is 1720. The zero-order valence-corrected chi connectivity index (χ0v) is 27.8. The van der Waals surface area contributed by atoms with E-state index in [1.165, 1.54) is 9.21 Å². The molecule has 0 fully saturated rings. The van der Waals surface area contributed by atoms with Crippen molar-refractivity contribution < 1.29 is 18.0 Å². The van der Waals surface area contributed by atoms with Gasteiger partial charge >= 0.3 is 0 Å². The minimum absolute atomic E-state index is 0.0869. The molecule has 4 aromatic rings. The first-order chi connectivity index (χ1) is 21.3. The van der Waals surface area contributed by atoms with E-state index in [2.05, 4.69) is 5.32 Å². The van der Waals surface area contributed by atoms with Gasteiger partial charge in [0, 0.05) is 19.0 Å². The Morgan fingerprint density at radius 2 is 1.36 bits per heavy atom. The van der Waals surface area contributed by atoms with E-state index in [1.54, 1.807) is 36.4 Å². The summed E-state index contributed by atoms with van der Waals surface area (Å²) in [5.41, 5.74) is 5.79. The van der Waals surface area contributed by atoms with E-state index in [1.807, 2.05) is 102 Å². The molecule has 1 N–H and O–H groups in total. The fourth-order valence-electron chi connectivity index (χ4n) is 5.37. The first-order valence-electron chi connectivity index (χ1n) is 15.2. The quantitative estimate of drug-likeness (QED) is 0.201. The van der Waals surface area contributed by atoms with Crippen LogP contribution in [0.2, 0.25) is 0 Å². The molecule has 0 radical (unpaired) electrons. The predicted octanol–water partition coefficient (Wildman–Crippen LogP) is 6.28. The molecule has 4 aromatic carbocycles. The van der Waals surface area contributed by atoms with Gasteiger partial charge in [0.2, 0.25) is 11.8 Å². The predicted molar refractivity (Wildman–Crippen MR) is 181 cm³/mol. The van der Waals surface area contributed by atoms with Crippen LogP contribution in [-0.2, 0) is 32.6 Å². The summed E-state index contributed by atoms with van der Waals surface area (Å²) < 4.78 is 29.7. The molecular formula is C37H43N3O4S. The lowest BCUT2D eigenvalue weighted by molar-refractivity contribution is -0.140. The standard InChI is InChI=1S/C37H43N3O4S/c1-26(2)38-37(42)35(23-31-13-8-7-9-14-31)39(24-32-15-11-10-12-30(32)6)36(41)25-40(33-21-28(4)20-29(5)22-33)45(43,44)34-18-16-27(3)17-19-34/h7-22,26,35H,23-25H2,1-6H3,(H,38,42)/t35-/m0/s1. The zero-order valence-electron chi connectivity index (χ0n) is 26.9. The molecule has 0 aliphatic heterocycles. The third-order valence-corrected chi connectivity index (χ3v) is 9.47. The Morgan fingerprint density at radius 1 is 0.756 bits per heavy atom. The second kappa shape index (κ2) is 14.6. The second-order valence-corrected chi connectivity index (χ2v) is 13.8. The van der Waals surface area contributed by atoms with Gasteiger partial charge in [-0.15, -0.1) is 0 Å². The molecule has 45 heavy (non-hydrogen) atoms. The third kappa shape index (κ3) is 8.60. The van der Waals surface area contributed by atoms with Gasteiger partial charge in [0.1, 0.15) is 12.6 Å². The number of rotatable bonds is 12. The molecule has 0 aromatic heterocycles. The highest BCUT2D eigenvalue weighted by Gasteiger charge is 2.35. The average molecular weight is 626 g/mol. The van der Waals surface area contributed by atoms with E-state index in [0.29, 0.717) is 5.69 Å². The Hall–Kier alpha value is -4.43. The number of nitrogens with zero attached hydrogens (tertiary/aromatic N) is 2. The summed E-state index contributed by atoms with van der Waals surface area (Å²) in [6.07, 6.45) is 0.269. The van der Waals surface area contributed by atoms with Crippen molar-refractivity contribution in [3.8, 4) is 0 Å². The number of hydrogen-bond donors (Lipinski definition) is 1. The fraction of sp³-hybridized carbons (Fsp3) is 0.297. The minimum atomic E-state index is -4.15. The van der Waals surface area contributed by atoms with Crippen LogP contribution in [0.25, 0.3) is 0 Å². The number of benzene rings is 4. The highest BCUT2D eigenvalue weighted by Crippen LogP contribution is 2.27. The molecule has 0 saturated carbocycles. The average Bonchev–Trinajstić information content (AvgIpc) is 2.98. The molecule has 0 spiro atoms. The topological polar surface area (TPSA) is 86.8 Å². The van der Waals surface area contributed by atoms with Gasteiger partial charge in [0.25, 0.3) is 10.0 Å². The molecule has 1 atom stereocenters. The molecule has 0 aliphatic carbocycles. The van der Waals surface area contributed by atoms with Crippen molar-refractivity contribution in [2.45, 2.75) is 71.5 Å². The molecular weight excluding hydrogens is 582 g/mol. The second-order valence-electron chi connectivity index (χ2n) is 12.0. The number of sulfonamides is 1. The van der Waals surface area contributed by atoms with Crippen LogP contribution in [0.15, 0.2) is 102 Å². The Labute approximate surface area is 268 Å². The SMILES string of the molecule is Cc1ccc(S(=O)(=O)N(CC(=O)N(Cc2ccccc2C)[C@@H](Cc2ccccc2)C(=O)NC(C)C)c2cc(C)cc(C)c2)cc1. The summed E-state index contributed by atoms with van der Waals surface area (Å²) in [7, 11) is -4.15. The van der Waals surface area contributed by atoms with E-state index in [4.69, 9.17) is 0 Å². The van der Waals surface area contributed by atoms with Gasteiger partial charge in [-0.05, 0) is 93.6 Å². The van der Waals surface area contributed by atoms with Crippen LogP contribution < -0.4 is 9.62 Å². The minimum Gasteiger partial charge on any atom is -0.352 e. The Kier molecular flexibility index (Phi) is 10.8. The number of carbonyl (C=O) groups excluding carboxylic acids is 2. The fourth-order valence-corrected chi connectivity index (χ4v) is 6.76. The van der Waals surface area contributed by atoms with Crippen molar-refractivity contribution in [2.75, 3.05) is 10.8 Å². The lowest BCUT2D eigenvalue weighted by atomic mass is 10.0. The highest BCUT2D eigenvalue weighted by atomic mass is 32.2. The van der Waals surface area contributed by atoms with Crippen molar-refractivity contribution in [1.82, 2.24) is 10.2 Å². The molecule has 0 unspecified atom stereocenters. The monoisotopic (exact) mass is 625 g/mol. The summed E-state index contributed by atoms with van der Waals surface area (Å²) in [5, 5.41) is 3.00. The maximum atomic E-state index is 14.6. The van der Waals surface area contributed by atoms with E-state index in [-0.39, 0.29) is 29.8 Å². The van der Waals surface area contributed by atoms with Gasteiger partial charge in [0.05, 0.1) is 10.6 Å². The van der Waals surface area contributed by atoms with Crippen LogP contribution >= 0.6 is 0 Å². The van der Waals surface area contributed by atoms with Gasteiger partial charge in [0.15, 0.2) is 0 Å². The van der Waals surface area contributed by atoms with Crippen molar-refractivity contribution in [3.63, 3.8) is 0 Å². The van der Waals surface area contributed by atoms with Crippen LogP contribution in [-0.4, -0.2) is 43.8 Å². The van der Waals surface area contributed by atoms with E-state index >= 15 is 0 Å². The van der Waals surface area contributed by atoms with Crippen LogP contribution in [0.3, 0.4) is 0 Å². The van der Waals surface area contributed by atoms with Gasteiger partial charge in [-0.1, -0.05) is 78.4 Å². The molecule has 7 nitrogen and oxygen atoms in total. The van der Waals surface area contributed by atoms with Gasteiger partial charge in [-0.25, -0.2) is 8.42 Å². The number of nitrogens with one attached hydrogen (secondary N) is 1. The summed E-state index contributed by atoms with van der Waals surface area (Å²) in [4.78, 5) is 30.1. The van der Waals surface area contributed by atoms with Crippen LogP contribution in [0.4, 0.5) is 5.69 Å². The number of amides is 2. The molecule has 2 amide bonds. The van der Waals surface area contributed by atoms with Crippen LogP contribution in [0.5, 0.6) is 0 Å². The molecule has 4 rings (SSSR count). The van der Waals surface area contributed by atoms with Crippen molar-refractivity contribution >= 4 is 27.5 Å². The van der Waals surface area contributed by atoms with Crippen LogP contribution in [0, 0.1) is 27.7 Å². The number of aryl methyl sites for hydroxylation is 4. The normalized spacial score (nSPS) is 12.1. The molecule has 0 bridgehead atoms. The maximum absolute atomic E-state index is 14.6. The molecule has 0 heterocycles. The maximum Gasteiger partial charge on any atom is 0.264 e. The number of hydrogen-bond acceptors (Lipinski definition) is 4. The zero-order chi connectivity index (χ0) is 32.7. The third-order valence-electron chi connectivity index (χ3n) is 7.69. The van der Waals surface area contributed by atoms with E-state index in [9.17, 15) is 18.0 Å². The lowest BCUT2D eigenvalue weighted by Crippen LogP contribution is -2.54. The summed E-state index contributed by atoms with van der Waals surface area (Å²) >= 11 is 0. The number of carbonyl (C=O) groups is 2. The van der Waals surface area contributed by atoms with Gasteiger partial charge < -0.3 is 10.2 Å². The van der Waals surface area contributed by atoms with Crippen molar-refractivity contribution in [1.29, 1.82) is 0 Å². The van der Waals surface area contributed by atoms with Crippen molar-refractivity contribution in [3.05, 3.63) is 130 Å². The van der Waals surface area contributed by atoms with Gasteiger partial charge in [-0.2, -0.15) is 0 Å². The summed E-state index contributed by atoms with van der Waals surface area (Å²) in [6.45, 7) is 11.0. The van der Waals surface area contributed by atoms with E-state index < -0.39 is 28.5 Å². The molecule has 0 saturated heterocycles. The highest BCUT2D eigenvalue weighted by molar-refractivity contribution is 7.92. The smallest absolute Gasteiger partial charge is 0.264 e. The largest absolute Gasteiger partial charge is 0.352 e. The Morgan fingerprint density at radius 3 is 1.96 bits per heavy atom. The first kappa shape index (κ1) is 33.5. The van der Waals surface area contributed by atoms with Crippen LogP contribution in [0.1, 0.15) is 47.2 Å². The van der Waals surface area contributed by atoms with Crippen molar-refractivity contribution in [2.24, 2.45) is 0 Å². The summed E-state index contributed by atoms with van der Waals surface area (Å²) in [5.74, 6) is -0.775. The van der Waals surface area contributed by atoms with Gasteiger partial charge in [-0.3, -0.25) is 13.9 Å². The number of anilines is 1. The lowest BCUT2D eigenvalue weighted by Gasteiger charge is -2.34. The van der Waals surface area contributed by atoms with E-state index in [0.717, 1.165) is 33.4 Å². The molecule has 8 heteroatoms. The molecule has 236 valence electrons.